The molecule has 2 aromatic carbocycles. The van der Waals surface area contributed by atoms with E-state index in [1.165, 1.54) is 12.1 Å². The third-order valence-electron chi connectivity index (χ3n) is 4.05. The summed E-state index contributed by atoms with van der Waals surface area (Å²) in [6, 6.07) is 14.1. The van der Waals surface area contributed by atoms with Gasteiger partial charge in [0.1, 0.15) is 5.75 Å². The summed E-state index contributed by atoms with van der Waals surface area (Å²) >= 11 is 0. The van der Waals surface area contributed by atoms with E-state index in [4.69, 9.17) is 9.79 Å². The first-order valence-electron chi connectivity index (χ1n) is 7.92. The number of rotatable bonds is 6. The molecule has 138 valence electrons. The molecule has 0 aliphatic carbocycles. The molecule has 3 N–H and O–H groups in total. The van der Waals surface area contributed by atoms with E-state index in [9.17, 15) is 9.36 Å². The number of nitrogens with one attached hydrogen (secondary N) is 1. The molecule has 6 nitrogen and oxygen atoms in total. The first kappa shape index (κ1) is 19.9. The number of carbonyl (C=O) groups excluding carboxylic acids is 1. The second kappa shape index (κ2) is 7.46. The fraction of sp³-hybridized carbons (Fsp3) is 0.211. The Morgan fingerprint density at radius 1 is 1.04 bits per heavy atom. The van der Waals surface area contributed by atoms with Gasteiger partial charge >= 0.3 is 7.82 Å². The van der Waals surface area contributed by atoms with Crippen LogP contribution >= 0.6 is 7.82 Å². The minimum Gasteiger partial charge on any atom is -0.404 e. The van der Waals surface area contributed by atoms with Crippen molar-refractivity contribution >= 4 is 19.4 Å². The first-order valence-corrected chi connectivity index (χ1v) is 9.45. The van der Waals surface area contributed by atoms with Crippen molar-refractivity contribution in [3.8, 4) is 5.75 Å². The van der Waals surface area contributed by atoms with Crippen LogP contribution in [0.25, 0.3) is 0 Å². The molecular weight excluding hydrogens is 353 g/mol. The number of phosphoric acid groups is 1. The van der Waals surface area contributed by atoms with Crippen LogP contribution in [0.15, 0.2) is 60.7 Å². The molecule has 0 saturated carbocycles. The van der Waals surface area contributed by atoms with E-state index in [2.05, 4.69) is 16.4 Å². The Kier molecular flexibility index (Phi) is 5.71. The van der Waals surface area contributed by atoms with Crippen molar-refractivity contribution in [2.45, 2.75) is 26.2 Å². The summed E-state index contributed by atoms with van der Waals surface area (Å²) in [6.45, 7) is 9.32. The van der Waals surface area contributed by atoms with Crippen molar-refractivity contribution in [2.24, 2.45) is 0 Å². The first-order chi connectivity index (χ1) is 12.0. The zero-order chi connectivity index (χ0) is 19.5. The summed E-state index contributed by atoms with van der Waals surface area (Å²) in [6.07, 6.45) is 0. The fourth-order valence-electron chi connectivity index (χ4n) is 2.44. The Labute approximate surface area is 152 Å². The molecule has 1 amide bonds. The van der Waals surface area contributed by atoms with Gasteiger partial charge in [-0.05, 0) is 42.3 Å². The molecule has 2 rings (SSSR count). The van der Waals surface area contributed by atoms with Gasteiger partial charge in [-0.15, -0.1) is 0 Å². The van der Waals surface area contributed by atoms with Gasteiger partial charge in [-0.2, -0.15) is 0 Å². The summed E-state index contributed by atoms with van der Waals surface area (Å²) in [7, 11) is -4.57. The van der Waals surface area contributed by atoms with Gasteiger partial charge in [-0.25, -0.2) is 4.57 Å². The highest BCUT2D eigenvalue weighted by Crippen LogP contribution is 2.39. The maximum Gasteiger partial charge on any atom is 0.524 e. The smallest absolute Gasteiger partial charge is 0.404 e. The molecule has 0 atom stereocenters. The molecule has 2 aromatic rings. The molecule has 0 aromatic heterocycles. The normalized spacial score (nSPS) is 11.7. The lowest BCUT2D eigenvalue weighted by atomic mass is 9.78. The van der Waals surface area contributed by atoms with Crippen molar-refractivity contribution < 1.29 is 23.7 Å². The summed E-state index contributed by atoms with van der Waals surface area (Å²) < 4.78 is 15.5. The molecule has 0 saturated heterocycles. The van der Waals surface area contributed by atoms with Crippen molar-refractivity contribution in [1.29, 1.82) is 0 Å². The van der Waals surface area contributed by atoms with Crippen LogP contribution in [0.4, 0.5) is 5.69 Å². The Morgan fingerprint density at radius 2 is 1.50 bits per heavy atom. The largest absolute Gasteiger partial charge is 0.524 e. The van der Waals surface area contributed by atoms with E-state index in [-0.39, 0.29) is 17.1 Å². The maximum absolute atomic E-state index is 11.7. The lowest BCUT2D eigenvalue weighted by molar-refractivity contribution is -0.112. The number of hydrogen-bond acceptors (Lipinski definition) is 3. The topological polar surface area (TPSA) is 95.9 Å². The molecular formula is C19H22NO5P. The molecule has 0 aliphatic rings. The highest BCUT2D eigenvalue weighted by Gasteiger charge is 2.24. The number of anilines is 1. The Balaban J connectivity index is 2.20. The van der Waals surface area contributed by atoms with E-state index in [0.29, 0.717) is 11.3 Å². The Bertz CT molecular complexity index is 851. The van der Waals surface area contributed by atoms with Gasteiger partial charge in [-0.1, -0.05) is 44.7 Å². The van der Waals surface area contributed by atoms with Gasteiger partial charge in [0.25, 0.3) is 5.91 Å². The van der Waals surface area contributed by atoms with Crippen molar-refractivity contribution in [3.63, 3.8) is 0 Å². The molecule has 0 unspecified atom stereocenters. The zero-order valence-corrected chi connectivity index (χ0v) is 15.8. The minimum absolute atomic E-state index is 0.107. The molecule has 7 heteroatoms. The molecule has 0 radical (unpaired) electrons. The highest BCUT2D eigenvalue weighted by molar-refractivity contribution is 7.46. The van der Waals surface area contributed by atoms with Crippen molar-refractivity contribution in [1.82, 2.24) is 0 Å². The summed E-state index contributed by atoms with van der Waals surface area (Å²) in [5, 5.41) is 2.76. The highest BCUT2D eigenvalue weighted by atomic mass is 31.2. The monoisotopic (exact) mass is 375 g/mol. The van der Waals surface area contributed by atoms with Gasteiger partial charge < -0.3 is 9.84 Å². The van der Waals surface area contributed by atoms with E-state index < -0.39 is 7.82 Å². The van der Waals surface area contributed by atoms with Crippen LogP contribution in [0.1, 0.15) is 31.9 Å². The van der Waals surface area contributed by atoms with Gasteiger partial charge in [0, 0.05) is 16.7 Å². The molecule has 0 fully saturated rings. The Morgan fingerprint density at radius 3 is 1.92 bits per heavy atom. The summed E-state index contributed by atoms with van der Waals surface area (Å²) in [5.41, 5.74) is 2.75. The van der Waals surface area contributed by atoms with Gasteiger partial charge in [-0.3, -0.25) is 14.6 Å². The van der Waals surface area contributed by atoms with E-state index >= 15 is 0 Å². The third-order valence-corrected chi connectivity index (χ3v) is 4.50. The molecule has 0 aliphatic heterocycles. The average molecular weight is 375 g/mol. The predicted octanol–water partition coefficient (Wildman–Crippen LogP) is 4.00. The van der Waals surface area contributed by atoms with Crippen LogP contribution in [0.5, 0.6) is 5.75 Å². The summed E-state index contributed by atoms with van der Waals surface area (Å²) in [5.74, 6) is -0.117. The quantitative estimate of drug-likeness (QED) is 0.524. The zero-order valence-electron chi connectivity index (χ0n) is 14.9. The number of hydrogen-bond donors (Lipinski definition) is 3. The fourth-order valence-corrected chi connectivity index (χ4v) is 2.84. The molecule has 0 spiro atoms. The number of carbonyl (C=O) groups is 1. The minimum atomic E-state index is -4.57. The van der Waals surface area contributed by atoms with Gasteiger partial charge in [0.05, 0.1) is 0 Å². The van der Waals surface area contributed by atoms with Crippen LogP contribution < -0.4 is 9.84 Å². The van der Waals surface area contributed by atoms with Crippen molar-refractivity contribution in [3.05, 3.63) is 71.8 Å². The van der Waals surface area contributed by atoms with Crippen LogP contribution in [0.3, 0.4) is 0 Å². The average Bonchev–Trinajstić information content (AvgIpc) is 2.54. The van der Waals surface area contributed by atoms with Crippen LogP contribution in [-0.4, -0.2) is 15.7 Å². The van der Waals surface area contributed by atoms with E-state index in [1.54, 1.807) is 19.1 Å². The maximum atomic E-state index is 11.7. The molecule has 0 bridgehead atoms. The van der Waals surface area contributed by atoms with Crippen LogP contribution in [0.2, 0.25) is 0 Å². The van der Waals surface area contributed by atoms with E-state index in [1.807, 2.05) is 38.1 Å². The molecule has 0 heterocycles. The summed E-state index contributed by atoms with van der Waals surface area (Å²) in [4.78, 5) is 29.4. The molecule has 26 heavy (non-hydrogen) atoms. The Hall–Kier alpha value is -2.40. The number of benzene rings is 2. The van der Waals surface area contributed by atoms with Gasteiger partial charge in [0.2, 0.25) is 0 Å². The lowest BCUT2D eigenvalue weighted by Gasteiger charge is -2.26. The van der Waals surface area contributed by atoms with Crippen molar-refractivity contribution in [2.75, 3.05) is 5.32 Å². The SMILES string of the molecule is C=C(C)C(=O)Nc1ccc(C(C)(C)c2ccc(OP(=O)(O)O)cc2)cc1. The number of amides is 1. The van der Waals surface area contributed by atoms with E-state index in [0.717, 1.165) is 11.1 Å². The van der Waals surface area contributed by atoms with Gasteiger partial charge in [0.15, 0.2) is 0 Å². The van der Waals surface area contributed by atoms with Crippen LogP contribution in [-0.2, 0) is 14.8 Å². The van der Waals surface area contributed by atoms with Crippen LogP contribution in [0, 0.1) is 0 Å². The second-order valence-corrected chi connectivity index (χ2v) is 7.71. The lowest BCUT2D eigenvalue weighted by Crippen LogP contribution is -2.19. The third kappa shape index (κ3) is 5.05. The standard InChI is InChI=1S/C19H22NO5P/c1-13(2)18(21)20-16-9-5-14(6-10-16)19(3,4)15-7-11-17(12-8-15)25-26(22,23)24/h5-12H,1H2,2-4H3,(H,20,21)(H2,22,23,24). The second-order valence-electron chi connectivity index (χ2n) is 6.54. The predicted molar refractivity (Wildman–Crippen MR) is 101 cm³/mol. The number of phosphoric ester groups is 1.